The van der Waals surface area contributed by atoms with Crippen molar-refractivity contribution in [3.63, 3.8) is 0 Å². The van der Waals surface area contributed by atoms with Crippen LogP contribution >= 0.6 is 0 Å². The molecule has 1 aromatic heterocycles. The number of furan rings is 1. The van der Waals surface area contributed by atoms with Crippen molar-refractivity contribution in [2.75, 3.05) is 6.61 Å². The average molecular weight is 263 g/mol. The Bertz CT molecular complexity index is 415. The number of hydrogen-bond acceptors (Lipinski definition) is 3. The predicted molar refractivity (Wildman–Crippen MR) is 74.9 cm³/mol. The van der Waals surface area contributed by atoms with E-state index in [1.54, 1.807) is 0 Å². The maximum atomic E-state index is 6.46. The summed E-state index contributed by atoms with van der Waals surface area (Å²) < 4.78 is 11.6. The molecule has 3 rings (SSSR count). The van der Waals surface area contributed by atoms with Crippen LogP contribution in [0.2, 0.25) is 0 Å². The second kappa shape index (κ2) is 5.29. The Labute approximate surface area is 115 Å². The first-order chi connectivity index (χ1) is 9.19. The fourth-order valence-corrected chi connectivity index (χ4v) is 3.83. The molecule has 2 unspecified atom stereocenters. The van der Waals surface area contributed by atoms with Crippen LogP contribution in [0.15, 0.2) is 16.7 Å². The van der Waals surface area contributed by atoms with Gasteiger partial charge in [0.15, 0.2) is 0 Å². The van der Waals surface area contributed by atoms with Gasteiger partial charge in [-0.2, -0.15) is 0 Å². The first-order valence-corrected chi connectivity index (χ1v) is 7.63. The molecule has 1 spiro atoms. The summed E-state index contributed by atoms with van der Waals surface area (Å²) in [5.41, 5.74) is 7.74. The van der Waals surface area contributed by atoms with Crippen LogP contribution in [0, 0.1) is 12.8 Å². The highest BCUT2D eigenvalue weighted by Crippen LogP contribution is 2.43. The van der Waals surface area contributed by atoms with Gasteiger partial charge in [0, 0.05) is 18.2 Å². The Morgan fingerprint density at radius 3 is 2.79 bits per heavy atom. The molecule has 1 saturated carbocycles. The lowest BCUT2D eigenvalue weighted by atomic mass is 9.73. The van der Waals surface area contributed by atoms with Crippen molar-refractivity contribution < 1.29 is 9.15 Å². The van der Waals surface area contributed by atoms with Gasteiger partial charge in [-0.25, -0.2) is 0 Å². The van der Waals surface area contributed by atoms with E-state index in [2.05, 4.69) is 6.07 Å². The largest absolute Gasteiger partial charge is 0.469 e. The third-order valence-electron chi connectivity index (χ3n) is 4.94. The summed E-state index contributed by atoms with van der Waals surface area (Å²) in [5.74, 6) is 1.48. The maximum Gasteiger partial charge on any atom is 0.101 e. The summed E-state index contributed by atoms with van der Waals surface area (Å²) in [4.78, 5) is 0. The monoisotopic (exact) mass is 263 g/mol. The molecule has 0 bridgehead atoms. The van der Waals surface area contributed by atoms with Crippen molar-refractivity contribution in [2.24, 2.45) is 11.7 Å². The standard InChI is InChI=1S/C16H25NO2/c1-12-9-14(11-18-12)15(17)13-5-8-19-16(10-13)6-3-2-4-7-16/h9,11,13,15H,2-8,10,17H2,1H3. The minimum absolute atomic E-state index is 0.0974. The van der Waals surface area contributed by atoms with Crippen LogP contribution < -0.4 is 5.73 Å². The quantitative estimate of drug-likeness (QED) is 0.884. The second-order valence-corrected chi connectivity index (χ2v) is 6.36. The van der Waals surface area contributed by atoms with Crippen molar-refractivity contribution in [1.82, 2.24) is 0 Å². The lowest BCUT2D eigenvalue weighted by Crippen LogP contribution is -2.43. The molecule has 0 amide bonds. The normalized spacial score (nSPS) is 28.4. The maximum absolute atomic E-state index is 6.46. The van der Waals surface area contributed by atoms with Crippen molar-refractivity contribution >= 4 is 0 Å². The Morgan fingerprint density at radius 1 is 1.32 bits per heavy atom. The first kappa shape index (κ1) is 13.2. The van der Waals surface area contributed by atoms with Gasteiger partial charge in [0.25, 0.3) is 0 Å². The van der Waals surface area contributed by atoms with Gasteiger partial charge in [-0.05, 0) is 44.6 Å². The number of hydrogen-bond donors (Lipinski definition) is 1. The predicted octanol–water partition coefficient (Wildman–Crippen LogP) is 3.72. The van der Waals surface area contributed by atoms with Crippen molar-refractivity contribution in [3.8, 4) is 0 Å². The lowest BCUT2D eigenvalue weighted by molar-refractivity contribution is -0.120. The minimum Gasteiger partial charge on any atom is -0.469 e. The molecule has 0 aromatic carbocycles. The second-order valence-electron chi connectivity index (χ2n) is 6.36. The number of ether oxygens (including phenoxy) is 1. The summed E-state index contributed by atoms with van der Waals surface area (Å²) in [7, 11) is 0. The van der Waals surface area contributed by atoms with Crippen LogP contribution in [0.3, 0.4) is 0 Å². The Hall–Kier alpha value is -0.800. The topological polar surface area (TPSA) is 48.4 Å². The van der Waals surface area contributed by atoms with E-state index in [1.807, 2.05) is 13.2 Å². The van der Waals surface area contributed by atoms with Gasteiger partial charge < -0.3 is 14.9 Å². The van der Waals surface area contributed by atoms with Crippen molar-refractivity contribution in [2.45, 2.75) is 63.5 Å². The molecule has 1 saturated heterocycles. The molecule has 0 radical (unpaired) electrons. The van der Waals surface area contributed by atoms with Gasteiger partial charge in [-0.1, -0.05) is 19.3 Å². The molecule has 2 N–H and O–H groups in total. The molecule has 1 aliphatic carbocycles. The smallest absolute Gasteiger partial charge is 0.101 e. The fourth-order valence-electron chi connectivity index (χ4n) is 3.83. The Kier molecular flexibility index (Phi) is 3.68. The number of rotatable bonds is 2. The van der Waals surface area contributed by atoms with Crippen LogP contribution in [0.1, 0.15) is 62.3 Å². The van der Waals surface area contributed by atoms with E-state index < -0.39 is 0 Å². The Balaban J connectivity index is 1.70. The van der Waals surface area contributed by atoms with Gasteiger partial charge in [-0.15, -0.1) is 0 Å². The van der Waals surface area contributed by atoms with E-state index in [-0.39, 0.29) is 11.6 Å². The van der Waals surface area contributed by atoms with Crippen molar-refractivity contribution in [1.29, 1.82) is 0 Å². The summed E-state index contributed by atoms with van der Waals surface area (Å²) in [6, 6.07) is 2.17. The van der Waals surface area contributed by atoms with E-state index in [0.717, 1.165) is 30.8 Å². The van der Waals surface area contributed by atoms with E-state index in [9.17, 15) is 0 Å². The van der Waals surface area contributed by atoms with Gasteiger partial charge in [-0.3, -0.25) is 0 Å². The highest BCUT2D eigenvalue weighted by atomic mass is 16.5. The molecule has 1 aliphatic heterocycles. The zero-order valence-electron chi connectivity index (χ0n) is 11.9. The fraction of sp³-hybridized carbons (Fsp3) is 0.750. The molecular weight excluding hydrogens is 238 g/mol. The summed E-state index contributed by atoms with van der Waals surface area (Å²) in [6.07, 6.45) is 10.5. The zero-order valence-corrected chi connectivity index (χ0v) is 11.9. The number of aryl methyl sites for hydroxylation is 1. The van der Waals surface area contributed by atoms with Crippen LogP contribution in [-0.2, 0) is 4.74 Å². The molecule has 3 heteroatoms. The lowest BCUT2D eigenvalue weighted by Gasteiger charge is -2.44. The van der Waals surface area contributed by atoms with Crippen LogP contribution in [0.25, 0.3) is 0 Å². The summed E-state index contributed by atoms with van der Waals surface area (Å²) in [6.45, 7) is 2.85. The minimum atomic E-state index is 0.0974. The molecule has 1 aromatic rings. The van der Waals surface area contributed by atoms with Gasteiger partial charge in [0.05, 0.1) is 11.9 Å². The molecule has 2 fully saturated rings. The first-order valence-electron chi connectivity index (χ1n) is 7.63. The van der Waals surface area contributed by atoms with E-state index in [0.29, 0.717) is 5.92 Å². The zero-order chi connectivity index (χ0) is 13.3. The van der Waals surface area contributed by atoms with E-state index in [1.165, 1.54) is 32.1 Å². The van der Waals surface area contributed by atoms with E-state index in [4.69, 9.17) is 14.9 Å². The highest BCUT2D eigenvalue weighted by molar-refractivity contribution is 5.17. The SMILES string of the molecule is Cc1cc(C(N)C2CCOC3(CCCCC3)C2)co1. The van der Waals surface area contributed by atoms with Crippen molar-refractivity contribution in [3.05, 3.63) is 23.7 Å². The van der Waals surface area contributed by atoms with Crippen LogP contribution in [-0.4, -0.2) is 12.2 Å². The Morgan fingerprint density at radius 2 is 2.11 bits per heavy atom. The molecule has 19 heavy (non-hydrogen) atoms. The van der Waals surface area contributed by atoms with Gasteiger partial charge in [0.2, 0.25) is 0 Å². The highest BCUT2D eigenvalue weighted by Gasteiger charge is 2.40. The summed E-state index contributed by atoms with van der Waals surface area (Å²) >= 11 is 0. The molecular formula is C16H25NO2. The third kappa shape index (κ3) is 2.72. The molecule has 2 heterocycles. The van der Waals surface area contributed by atoms with Gasteiger partial charge >= 0.3 is 0 Å². The average Bonchev–Trinajstić information content (AvgIpc) is 2.85. The summed E-state index contributed by atoms with van der Waals surface area (Å²) in [5, 5.41) is 0. The molecule has 106 valence electrons. The van der Waals surface area contributed by atoms with Gasteiger partial charge in [0.1, 0.15) is 5.76 Å². The molecule has 2 atom stereocenters. The van der Waals surface area contributed by atoms with Crippen LogP contribution in [0.4, 0.5) is 0 Å². The third-order valence-corrected chi connectivity index (χ3v) is 4.94. The molecule has 3 nitrogen and oxygen atoms in total. The number of nitrogens with two attached hydrogens (primary N) is 1. The van der Waals surface area contributed by atoms with Crippen LogP contribution in [0.5, 0.6) is 0 Å². The van der Waals surface area contributed by atoms with E-state index >= 15 is 0 Å². The molecule has 2 aliphatic rings.